The Labute approximate surface area is 155 Å². The summed E-state index contributed by atoms with van der Waals surface area (Å²) in [4.78, 5) is 0. The molecule has 0 amide bonds. The monoisotopic (exact) mass is 346 g/mol. The van der Waals surface area contributed by atoms with E-state index in [1.807, 2.05) is 7.11 Å². The van der Waals surface area contributed by atoms with Gasteiger partial charge in [0.1, 0.15) is 0 Å². The third-order valence-corrected chi connectivity index (χ3v) is 6.02. The molecule has 1 fully saturated rings. The van der Waals surface area contributed by atoms with Crippen LogP contribution in [-0.2, 0) is 15.9 Å². The molecule has 0 saturated heterocycles. The Hall–Kier alpha value is -0.860. The van der Waals surface area contributed by atoms with Crippen LogP contribution < -0.4 is 0 Å². The summed E-state index contributed by atoms with van der Waals surface area (Å²) in [6, 6.07) is 9.06. The molecule has 1 aliphatic rings. The van der Waals surface area contributed by atoms with Crippen molar-refractivity contribution in [3.8, 4) is 0 Å². The van der Waals surface area contributed by atoms with Gasteiger partial charge in [-0.2, -0.15) is 0 Å². The van der Waals surface area contributed by atoms with Crippen LogP contribution in [0.3, 0.4) is 0 Å². The Morgan fingerprint density at radius 2 is 1.76 bits per heavy atom. The van der Waals surface area contributed by atoms with Crippen LogP contribution in [0.1, 0.15) is 75.8 Å². The van der Waals surface area contributed by atoms with Crippen molar-refractivity contribution in [1.29, 1.82) is 0 Å². The highest BCUT2D eigenvalue weighted by Gasteiger charge is 2.27. The van der Waals surface area contributed by atoms with Crippen molar-refractivity contribution in [1.82, 2.24) is 0 Å². The fourth-order valence-electron chi connectivity index (χ4n) is 4.53. The third kappa shape index (κ3) is 6.42. The van der Waals surface area contributed by atoms with E-state index in [0.717, 1.165) is 31.3 Å². The number of methoxy groups -OCH3 is 2. The van der Waals surface area contributed by atoms with Crippen LogP contribution in [0.25, 0.3) is 0 Å². The molecule has 2 unspecified atom stereocenters. The van der Waals surface area contributed by atoms with Crippen LogP contribution in [0.2, 0.25) is 0 Å². The standard InChI is InChI=1S/C23H38O2/c1-18(2)23-13-9-8-12-20(23)16-21(19-10-6-5-7-11-19)17-22(25-4)14-15-24-3/h8-9,12-13,18-19,21-22H,5-7,10-11,14-17H2,1-4H3. The van der Waals surface area contributed by atoms with Gasteiger partial charge >= 0.3 is 0 Å². The molecule has 0 bridgehead atoms. The van der Waals surface area contributed by atoms with Crippen LogP contribution in [0, 0.1) is 11.8 Å². The summed E-state index contributed by atoms with van der Waals surface area (Å²) in [5.41, 5.74) is 3.07. The number of ether oxygens (including phenoxy) is 2. The van der Waals surface area contributed by atoms with Crippen molar-refractivity contribution in [3.63, 3.8) is 0 Å². The molecule has 1 saturated carbocycles. The lowest BCUT2D eigenvalue weighted by Gasteiger charge is -2.33. The average Bonchev–Trinajstić information content (AvgIpc) is 2.65. The van der Waals surface area contributed by atoms with Gasteiger partial charge in [-0.15, -0.1) is 0 Å². The minimum absolute atomic E-state index is 0.318. The molecule has 0 heterocycles. The molecule has 0 radical (unpaired) electrons. The molecule has 0 spiro atoms. The lowest BCUT2D eigenvalue weighted by Crippen LogP contribution is -2.27. The minimum atomic E-state index is 0.318. The summed E-state index contributed by atoms with van der Waals surface area (Å²) in [5, 5.41) is 0. The Kier molecular flexibility index (Phi) is 8.98. The largest absolute Gasteiger partial charge is 0.385 e. The zero-order valence-electron chi connectivity index (χ0n) is 16.8. The molecule has 142 valence electrons. The first-order valence-corrected chi connectivity index (χ1v) is 10.2. The first-order chi connectivity index (χ1) is 12.2. The van der Waals surface area contributed by atoms with Crippen molar-refractivity contribution in [2.75, 3.05) is 20.8 Å². The van der Waals surface area contributed by atoms with Gasteiger partial charge in [0.2, 0.25) is 0 Å². The maximum atomic E-state index is 5.81. The highest BCUT2D eigenvalue weighted by molar-refractivity contribution is 5.30. The third-order valence-electron chi connectivity index (χ3n) is 6.02. The van der Waals surface area contributed by atoms with E-state index in [1.165, 1.54) is 44.1 Å². The quantitative estimate of drug-likeness (QED) is 0.518. The van der Waals surface area contributed by atoms with Gasteiger partial charge in [-0.05, 0) is 48.1 Å². The molecule has 0 N–H and O–H groups in total. The van der Waals surface area contributed by atoms with Crippen molar-refractivity contribution < 1.29 is 9.47 Å². The van der Waals surface area contributed by atoms with Crippen LogP contribution in [0.5, 0.6) is 0 Å². The van der Waals surface area contributed by atoms with Gasteiger partial charge in [0.05, 0.1) is 6.10 Å². The summed E-state index contributed by atoms with van der Waals surface area (Å²) in [6.07, 6.45) is 10.7. The zero-order chi connectivity index (χ0) is 18.1. The summed E-state index contributed by atoms with van der Waals surface area (Å²) in [6.45, 7) is 5.41. The van der Waals surface area contributed by atoms with E-state index in [-0.39, 0.29) is 0 Å². The van der Waals surface area contributed by atoms with Gasteiger partial charge in [0.25, 0.3) is 0 Å². The molecule has 0 aromatic heterocycles. The number of hydrogen-bond donors (Lipinski definition) is 0. The molecular formula is C23H38O2. The lowest BCUT2D eigenvalue weighted by molar-refractivity contribution is 0.0380. The van der Waals surface area contributed by atoms with Gasteiger partial charge in [0.15, 0.2) is 0 Å². The van der Waals surface area contributed by atoms with Gasteiger partial charge in [-0.3, -0.25) is 0 Å². The fraction of sp³-hybridized carbons (Fsp3) is 0.739. The maximum Gasteiger partial charge on any atom is 0.0596 e. The Bertz CT molecular complexity index is 477. The van der Waals surface area contributed by atoms with E-state index in [0.29, 0.717) is 12.0 Å². The predicted octanol–water partition coefficient (Wildman–Crippen LogP) is 5.99. The second-order valence-electron chi connectivity index (χ2n) is 8.09. The second kappa shape index (κ2) is 11.0. The highest BCUT2D eigenvalue weighted by Crippen LogP contribution is 2.36. The lowest BCUT2D eigenvalue weighted by atomic mass is 9.74. The molecule has 2 heteroatoms. The van der Waals surface area contributed by atoms with Crippen LogP contribution in [-0.4, -0.2) is 26.9 Å². The SMILES string of the molecule is COCCC(CC(Cc1ccccc1C(C)C)C1CCCCC1)OC. The van der Waals surface area contributed by atoms with E-state index in [1.54, 1.807) is 12.7 Å². The van der Waals surface area contributed by atoms with Crippen molar-refractivity contribution in [2.24, 2.45) is 11.8 Å². The summed E-state index contributed by atoms with van der Waals surface area (Å²) in [7, 11) is 3.64. The molecule has 2 rings (SSSR count). The first-order valence-electron chi connectivity index (χ1n) is 10.2. The van der Waals surface area contributed by atoms with Crippen LogP contribution >= 0.6 is 0 Å². The normalized spacial score (nSPS) is 18.4. The Morgan fingerprint density at radius 3 is 2.40 bits per heavy atom. The molecular weight excluding hydrogens is 308 g/mol. The molecule has 2 atom stereocenters. The molecule has 1 aromatic rings. The number of rotatable bonds is 10. The predicted molar refractivity (Wildman–Crippen MR) is 106 cm³/mol. The van der Waals surface area contributed by atoms with E-state index in [9.17, 15) is 0 Å². The highest BCUT2D eigenvalue weighted by atomic mass is 16.5. The van der Waals surface area contributed by atoms with Crippen LogP contribution in [0.15, 0.2) is 24.3 Å². The molecule has 1 aliphatic carbocycles. The van der Waals surface area contributed by atoms with E-state index in [4.69, 9.17) is 9.47 Å². The fourth-order valence-corrected chi connectivity index (χ4v) is 4.53. The molecule has 0 aliphatic heterocycles. The first kappa shape index (κ1) is 20.5. The number of benzene rings is 1. The molecule has 2 nitrogen and oxygen atoms in total. The van der Waals surface area contributed by atoms with Gasteiger partial charge in [0, 0.05) is 20.8 Å². The smallest absolute Gasteiger partial charge is 0.0596 e. The molecule has 1 aromatic carbocycles. The average molecular weight is 347 g/mol. The van der Waals surface area contributed by atoms with E-state index in [2.05, 4.69) is 38.1 Å². The van der Waals surface area contributed by atoms with Crippen molar-refractivity contribution >= 4 is 0 Å². The van der Waals surface area contributed by atoms with E-state index < -0.39 is 0 Å². The zero-order valence-corrected chi connectivity index (χ0v) is 16.8. The van der Waals surface area contributed by atoms with Crippen LogP contribution in [0.4, 0.5) is 0 Å². The minimum Gasteiger partial charge on any atom is -0.385 e. The summed E-state index contributed by atoms with van der Waals surface area (Å²) < 4.78 is 11.1. The Balaban J connectivity index is 2.13. The topological polar surface area (TPSA) is 18.5 Å². The molecule has 25 heavy (non-hydrogen) atoms. The van der Waals surface area contributed by atoms with Crippen molar-refractivity contribution in [3.05, 3.63) is 35.4 Å². The second-order valence-corrected chi connectivity index (χ2v) is 8.09. The van der Waals surface area contributed by atoms with E-state index >= 15 is 0 Å². The maximum absolute atomic E-state index is 5.81. The Morgan fingerprint density at radius 1 is 1.04 bits per heavy atom. The van der Waals surface area contributed by atoms with Gasteiger partial charge in [-0.1, -0.05) is 70.2 Å². The van der Waals surface area contributed by atoms with Gasteiger partial charge in [-0.25, -0.2) is 0 Å². The number of hydrogen-bond acceptors (Lipinski definition) is 2. The summed E-state index contributed by atoms with van der Waals surface area (Å²) in [5.74, 6) is 2.17. The summed E-state index contributed by atoms with van der Waals surface area (Å²) >= 11 is 0. The van der Waals surface area contributed by atoms with Gasteiger partial charge < -0.3 is 9.47 Å². The van der Waals surface area contributed by atoms with Crippen molar-refractivity contribution in [2.45, 2.75) is 77.2 Å².